The number of aliphatic hydroxyl groups excluding tert-OH is 1. The molecule has 2 rings (SSSR count). The van der Waals surface area contributed by atoms with Gasteiger partial charge in [0.25, 0.3) is 0 Å². The monoisotopic (exact) mass is 322 g/mol. The number of halogens is 1. The summed E-state index contributed by atoms with van der Waals surface area (Å²) in [5.74, 6) is 0. The van der Waals surface area contributed by atoms with Crippen molar-refractivity contribution in [3.63, 3.8) is 0 Å². The number of aliphatic hydroxyl groups is 1. The van der Waals surface area contributed by atoms with Gasteiger partial charge in [-0.15, -0.1) is 11.8 Å². The lowest BCUT2D eigenvalue weighted by Gasteiger charge is -2.14. The third kappa shape index (κ3) is 3.37. The first-order valence-corrected chi connectivity index (χ1v) is 7.78. The lowest BCUT2D eigenvalue weighted by atomic mass is 10.0. The molecular weight excluding hydrogens is 308 g/mol. The Morgan fingerprint density at radius 1 is 1.11 bits per heavy atom. The minimum atomic E-state index is -0.449. The fourth-order valence-corrected chi connectivity index (χ4v) is 2.81. The predicted molar refractivity (Wildman–Crippen MR) is 81.0 cm³/mol. The topological polar surface area (TPSA) is 20.2 Å². The van der Waals surface area contributed by atoms with Crippen molar-refractivity contribution in [3.05, 3.63) is 64.1 Å². The molecule has 0 amide bonds. The Hall–Kier alpha value is -0.770. The Labute approximate surface area is 120 Å². The van der Waals surface area contributed by atoms with E-state index in [1.54, 1.807) is 11.8 Å². The zero-order valence-corrected chi connectivity index (χ0v) is 12.5. The van der Waals surface area contributed by atoms with E-state index in [2.05, 4.69) is 15.9 Å². The second-order valence-corrected chi connectivity index (χ2v) is 5.85. The third-order valence-electron chi connectivity index (χ3n) is 2.84. The number of thioether (sulfide) groups is 1. The summed E-state index contributed by atoms with van der Waals surface area (Å²) in [5.41, 5.74) is 2.15. The van der Waals surface area contributed by atoms with Gasteiger partial charge in [0.2, 0.25) is 0 Å². The van der Waals surface area contributed by atoms with Gasteiger partial charge in [0.1, 0.15) is 0 Å². The normalized spacial score (nSPS) is 12.4. The van der Waals surface area contributed by atoms with E-state index in [1.165, 1.54) is 0 Å². The Bertz CT molecular complexity index is 510. The van der Waals surface area contributed by atoms with E-state index < -0.39 is 6.10 Å². The molecule has 0 spiro atoms. The molecule has 2 aromatic carbocycles. The molecule has 18 heavy (non-hydrogen) atoms. The minimum Gasteiger partial charge on any atom is -0.388 e. The zero-order valence-electron chi connectivity index (χ0n) is 10.1. The first-order chi connectivity index (χ1) is 8.70. The van der Waals surface area contributed by atoms with Crippen LogP contribution in [0.1, 0.15) is 17.2 Å². The first-order valence-electron chi connectivity index (χ1n) is 5.76. The molecule has 1 unspecified atom stereocenters. The lowest BCUT2D eigenvalue weighted by molar-refractivity contribution is 0.175. The van der Waals surface area contributed by atoms with E-state index in [1.807, 2.05) is 54.8 Å². The molecule has 94 valence electrons. The van der Waals surface area contributed by atoms with Crippen molar-refractivity contribution in [2.45, 2.75) is 17.4 Å². The highest BCUT2D eigenvalue weighted by atomic mass is 79.9. The fourth-order valence-electron chi connectivity index (χ4n) is 1.90. The smallest absolute Gasteiger partial charge is 0.0841 e. The number of hydrogen-bond acceptors (Lipinski definition) is 2. The van der Waals surface area contributed by atoms with Crippen LogP contribution < -0.4 is 0 Å². The van der Waals surface area contributed by atoms with Crippen LogP contribution in [0.25, 0.3) is 0 Å². The second-order valence-electron chi connectivity index (χ2n) is 4.09. The summed E-state index contributed by atoms with van der Waals surface area (Å²) in [4.78, 5) is 1.14. The summed E-state index contributed by atoms with van der Waals surface area (Å²) in [6.45, 7) is 0. The zero-order chi connectivity index (χ0) is 13.0. The number of benzene rings is 2. The van der Waals surface area contributed by atoms with Crippen LogP contribution in [0.5, 0.6) is 0 Å². The van der Waals surface area contributed by atoms with Gasteiger partial charge in [0.05, 0.1) is 6.10 Å². The van der Waals surface area contributed by atoms with Gasteiger partial charge in [-0.3, -0.25) is 0 Å². The average molecular weight is 323 g/mol. The molecule has 0 aromatic heterocycles. The quantitative estimate of drug-likeness (QED) is 0.839. The van der Waals surface area contributed by atoms with Gasteiger partial charge in [0.15, 0.2) is 0 Å². The van der Waals surface area contributed by atoms with Gasteiger partial charge in [0, 0.05) is 15.8 Å². The molecule has 0 heterocycles. The molecule has 2 aromatic rings. The van der Waals surface area contributed by atoms with Gasteiger partial charge < -0.3 is 5.11 Å². The van der Waals surface area contributed by atoms with Crippen molar-refractivity contribution in [1.82, 2.24) is 0 Å². The summed E-state index contributed by atoms with van der Waals surface area (Å²) in [6, 6.07) is 16.1. The standard InChI is InChI=1S/C15H15BrOS/c1-18-15-5-3-2-4-13(15)14(17)10-11-6-8-12(16)9-7-11/h2-9,14,17H,10H2,1H3. The van der Waals surface area contributed by atoms with Gasteiger partial charge in [-0.25, -0.2) is 0 Å². The Morgan fingerprint density at radius 3 is 2.44 bits per heavy atom. The van der Waals surface area contributed by atoms with Crippen molar-refractivity contribution in [2.75, 3.05) is 6.26 Å². The number of hydrogen-bond donors (Lipinski definition) is 1. The van der Waals surface area contributed by atoms with Crippen LogP contribution in [0.3, 0.4) is 0 Å². The lowest BCUT2D eigenvalue weighted by Crippen LogP contribution is -2.03. The summed E-state index contributed by atoms with van der Waals surface area (Å²) in [7, 11) is 0. The molecule has 0 radical (unpaired) electrons. The van der Waals surface area contributed by atoms with Crippen LogP contribution in [0.4, 0.5) is 0 Å². The molecule has 0 saturated heterocycles. The molecule has 0 bridgehead atoms. The molecule has 0 saturated carbocycles. The largest absolute Gasteiger partial charge is 0.388 e. The number of rotatable bonds is 4. The van der Waals surface area contributed by atoms with E-state index >= 15 is 0 Å². The molecule has 0 aliphatic rings. The Kier molecular flexibility index (Phi) is 4.87. The Morgan fingerprint density at radius 2 is 1.78 bits per heavy atom. The van der Waals surface area contributed by atoms with Crippen molar-refractivity contribution in [3.8, 4) is 0 Å². The maximum absolute atomic E-state index is 10.3. The summed E-state index contributed by atoms with van der Waals surface area (Å²) < 4.78 is 1.06. The van der Waals surface area contributed by atoms with E-state index in [4.69, 9.17) is 0 Å². The molecule has 3 heteroatoms. The molecular formula is C15H15BrOS. The second kappa shape index (κ2) is 6.41. The van der Waals surface area contributed by atoms with Gasteiger partial charge in [-0.1, -0.05) is 46.3 Å². The van der Waals surface area contributed by atoms with Crippen LogP contribution in [0, 0.1) is 0 Å². The molecule has 1 N–H and O–H groups in total. The molecule has 0 fully saturated rings. The summed E-state index contributed by atoms with van der Waals surface area (Å²) >= 11 is 5.08. The molecule has 1 nitrogen and oxygen atoms in total. The highest BCUT2D eigenvalue weighted by Crippen LogP contribution is 2.28. The van der Waals surface area contributed by atoms with Crippen molar-refractivity contribution < 1.29 is 5.11 Å². The average Bonchev–Trinajstić information content (AvgIpc) is 2.41. The van der Waals surface area contributed by atoms with Crippen LogP contribution in [0.15, 0.2) is 57.9 Å². The highest BCUT2D eigenvalue weighted by molar-refractivity contribution is 9.10. The van der Waals surface area contributed by atoms with Crippen molar-refractivity contribution in [2.24, 2.45) is 0 Å². The third-order valence-corrected chi connectivity index (χ3v) is 4.18. The first kappa shape index (κ1) is 13.7. The molecule has 1 atom stereocenters. The molecule has 0 aliphatic heterocycles. The van der Waals surface area contributed by atoms with E-state index in [0.29, 0.717) is 6.42 Å². The molecule has 0 aliphatic carbocycles. The summed E-state index contributed by atoms with van der Waals surface area (Å²) in [6.07, 6.45) is 2.23. The van der Waals surface area contributed by atoms with E-state index in [0.717, 1.165) is 20.5 Å². The Balaban J connectivity index is 2.16. The van der Waals surface area contributed by atoms with Crippen molar-refractivity contribution >= 4 is 27.7 Å². The minimum absolute atomic E-state index is 0.449. The van der Waals surface area contributed by atoms with E-state index in [-0.39, 0.29) is 0 Å². The van der Waals surface area contributed by atoms with Crippen molar-refractivity contribution in [1.29, 1.82) is 0 Å². The van der Waals surface area contributed by atoms with Crippen LogP contribution in [0.2, 0.25) is 0 Å². The van der Waals surface area contributed by atoms with Gasteiger partial charge in [-0.05, 0) is 35.6 Å². The fraction of sp³-hybridized carbons (Fsp3) is 0.200. The van der Waals surface area contributed by atoms with Gasteiger partial charge >= 0.3 is 0 Å². The van der Waals surface area contributed by atoms with E-state index in [9.17, 15) is 5.11 Å². The van der Waals surface area contributed by atoms with Crippen LogP contribution >= 0.6 is 27.7 Å². The highest BCUT2D eigenvalue weighted by Gasteiger charge is 2.12. The maximum atomic E-state index is 10.3. The predicted octanol–water partition coefficient (Wildman–Crippen LogP) is 4.45. The van der Waals surface area contributed by atoms with Crippen LogP contribution in [-0.4, -0.2) is 11.4 Å². The maximum Gasteiger partial charge on any atom is 0.0841 e. The van der Waals surface area contributed by atoms with Crippen LogP contribution in [-0.2, 0) is 6.42 Å². The SMILES string of the molecule is CSc1ccccc1C(O)Cc1ccc(Br)cc1. The van der Waals surface area contributed by atoms with Gasteiger partial charge in [-0.2, -0.15) is 0 Å². The summed E-state index contributed by atoms with van der Waals surface area (Å²) in [5, 5.41) is 10.3.